The molecule has 2 atom stereocenters. The zero-order valence-electron chi connectivity index (χ0n) is 9.57. The summed E-state index contributed by atoms with van der Waals surface area (Å²) in [5, 5.41) is 2.69. The molecule has 17 heavy (non-hydrogen) atoms. The largest absolute Gasteiger partial charge is 0.351 e. The van der Waals surface area contributed by atoms with Crippen LogP contribution in [0.4, 0.5) is 0 Å². The number of rotatable bonds is 4. The first kappa shape index (κ1) is 14.7. The Kier molecular flexibility index (Phi) is 5.69. The Morgan fingerprint density at radius 3 is 2.82 bits per heavy atom. The summed E-state index contributed by atoms with van der Waals surface area (Å²) >= 11 is 7.50. The maximum absolute atomic E-state index is 11.9. The molecule has 2 unspecified atom stereocenters. The highest BCUT2D eigenvalue weighted by Crippen LogP contribution is 2.20. The van der Waals surface area contributed by atoms with Gasteiger partial charge >= 0.3 is 0 Å². The van der Waals surface area contributed by atoms with Gasteiger partial charge in [0.15, 0.2) is 0 Å². The molecule has 0 aliphatic heterocycles. The first-order chi connectivity index (χ1) is 7.91. The van der Waals surface area contributed by atoms with E-state index in [1.165, 1.54) is 0 Å². The van der Waals surface area contributed by atoms with E-state index >= 15 is 0 Å². The average Bonchev–Trinajstić information content (AvgIpc) is 2.28. The van der Waals surface area contributed by atoms with Gasteiger partial charge in [-0.2, -0.15) is 0 Å². The van der Waals surface area contributed by atoms with Crippen LogP contribution in [0.1, 0.15) is 17.3 Å². The molecule has 1 rings (SSSR count). The Morgan fingerprint density at radius 1 is 1.59 bits per heavy atom. The van der Waals surface area contributed by atoms with Crippen LogP contribution in [0.2, 0.25) is 0 Å². The molecule has 0 aliphatic rings. The highest BCUT2D eigenvalue weighted by atomic mass is 79.9. The van der Waals surface area contributed by atoms with E-state index in [4.69, 9.17) is 0 Å². The summed E-state index contributed by atoms with van der Waals surface area (Å²) in [4.78, 5) is 12.6. The van der Waals surface area contributed by atoms with Crippen molar-refractivity contribution in [1.29, 1.82) is 0 Å². The number of carbonyl (C=O) groups excluding carboxylic acids is 1. The monoisotopic (exact) mass is 335 g/mol. The third-order valence-corrected chi connectivity index (χ3v) is 4.58. The minimum atomic E-state index is -0.934. The molecule has 6 heteroatoms. The van der Waals surface area contributed by atoms with E-state index < -0.39 is 10.8 Å². The van der Waals surface area contributed by atoms with Gasteiger partial charge in [-0.3, -0.25) is 9.00 Å². The van der Waals surface area contributed by atoms with Gasteiger partial charge in [-0.1, -0.05) is 0 Å². The van der Waals surface area contributed by atoms with E-state index in [-0.39, 0.29) is 11.2 Å². The molecule has 0 bridgehead atoms. The zero-order chi connectivity index (χ0) is 13.0. The van der Waals surface area contributed by atoms with E-state index in [2.05, 4.69) is 33.9 Å². The molecule has 0 fully saturated rings. The summed E-state index contributed by atoms with van der Waals surface area (Å²) < 4.78 is 11.9. The second kappa shape index (κ2) is 6.56. The fraction of sp³-hybridized carbons (Fsp3) is 0.364. The van der Waals surface area contributed by atoms with Crippen LogP contribution in [0.3, 0.4) is 0 Å². The van der Waals surface area contributed by atoms with Crippen molar-refractivity contribution in [3.05, 3.63) is 28.2 Å². The summed E-state index contributed by atoms with van der Waals surface area (Å²) in [5.41, 5.74) is 0.534. The quantitative estimate of drug-likeness (QED) is 0.829. The molecule has 1 N–H and O–H groups in total. The van der Waals surface area contributed by atoms with Crippen LogP contribution in [0.25, 0.3) is 0 Å². The molecular weight excluding hydrogens is 322 g/mol. The van der Waals surface area contributed by atoms with Crippen molar-refractivity contribution in [2.75, 3.05) is 12.8 Å². The molecule has 0 spiro atoms. The number of thiol groups is 1. The predicted molar refractivity (Wildman–Crippen MR) is 77.3 cm³/mol. The van der Waals surface area contributed by atoms with Crippen molar-refractivity contribution in [2.45, 2.75) is 17.1 Å². The standard InChI is InChI=1S/C11H14BrNO2S2/c1-7(17(2)15)6-13-11(14)9-5-8(16)3-4-10(9)12/h3-5,7,16H,6H2,1-2H3,(H,13,14). The summed E-state index contributed by atoms with van der Waals surface area (Å²) in [7, 11) is -0.934. The minimum absolute atomic E-state index is 0.0584. The molecule has 0 heterocycles. The molecule has 94 valence electrons. The van der Waals surface area contributed by atoms with Gasteiger partial charge in [0.25, 0.3) is 5.91 Å². The van der Waals surface area contributed by atoms with Crippen LogP contribution in [0, 0.1) is 0 Å². The Hall–Kier alpha value is -0.330. The maximum atomic E-state index is 11.9. The van der Waals surface area contributed by atoms with Crippen molar-refractivity contribution >= 4 is 45.3 Å². The third-order valence-electron chi connectivity index (χ3n) is 2.31. The van der Waals surface area contributed by atoms with E-state index in [1.807, 2.05) is 6.92 Å². The molecule has 1 aromatic rings. The van der Waals surface area contributed by atoms with E-state index in [0.29, 0.717) is 12.1 Å². The van der Waals surface area contributed by atoms with Gasteiger partial charge in [0.05, 0.1) is 5.56 Å². The lowest BCUT2D eigenvalue weighted by atomic mass is 10.2. The van der Waals surface area contributed by atoms with Crippen molar-refractivity contribution in [3.8, 4) is 0 Å². The second-order valence-electron chi connectivity index (χ2n) is 3.68. The van der Waals surface area contributed by atoms with E-state index in [9.17, 15) is 9.00 Å². The van der Waals surface area contributed by atoms with Crippen molar-refractivity contribution in [3.63, 3.8) is 0 Å². The Bertz CT molecular complexity index is 451. The smallest absolute Gasteiger partial charge is 0.252 e. The summed E-state index contributed by atoms with van der Waals surface area (Å²) in [6.07, 6.45) is 1.63. The number of carbonyl (C=O) groups is 1. The highest BCUT2D eigenvalue weighted by molar-refractivity contribution is 9.10. The van der Waals surface area contributed by atoms with Crippen LogP contribution in [0.5, 0.6) is 0 Å². The van der Waals surface area contributed by atoms with Crippen molar-refractivity contribution in [2.24, 2.45) is 0 Å². The van der Waals surface area contributed by atoms with Gasteiger partial charge in [-0.05, 0) is 41.1 Å². The van der Waals surface area contributed by atoms with Gasteiger partial charge in [0.1, 0.15) is 0 Å². The normalized spacial score (nSPS) is 14.1. The molecule has 0 radical (unpaired) electrons. The number of hydrogen-bond acceptors (Lipinski definition) is 3. The Morgan fingerprint density at radius 2 is 2.24 bits per heavy atom. The second-order valence-corrected chi connectivity index (χ2v) is 6.86. The fourth-order valence-electron chi connectivity index (χ4n) is 1.14. The van der Waals surface area contributed by atoms with Crippen molar-refractivity contribution in [1.82, 2.24) is 5.32 Å². The van der Waals surface area contributed by atoms with Gasteiger partial charge in [-0.15, -0.1) is 12.6 Å². The van der Waals surface area contributed by atoms with Gasteiger partial charge in [0, 0.05) is 38.2 Å². The number of nitrogens with one attached hydrogen (secondary N) is 1. The molecule has 1 aromatic carbocycles. The molecule has 0 aromatic heterocycles. The Labute approximate surface area is 117 Å². The number of benzene rings is 1. The molecular formula is C11H14BrNO2S2. The minimum Gasteiger partial charge on any atom is -0.351 e. The lowest BCUT2D eigenvalue weighted by molar-refractivity contribution is 0.0953. The van der Waals surface area contributed by atoms with Crippen LogP contribution >= 0.6 is 28.6 Å². The molecule has 0 aliphatic carbocycles. The Balaban J connectivity index is 2.70. The average molecular weight is 336 g/mol. The highest BCUT2D eigenvalue weighted by Gasteiger charge is 2.12. The molecule has 0 saturated heterocycles. The zero-order valence-corrected chi connectivity index (χ0v) is 12.9. The fourth-order valence-corrected chi connectivity index (χ4v) is 2.08. The van der Waals surface area contributed by atoms with Gasteiger partial charge in [0.2, 0.25) is 0 Å². The van der Waals surface area contributed by atoms with Crippen LogP contribution in [-0.4, -0.2) is 28.2 Å². The lowest BCUT2D eigenvalue weighted by Crippen LogP contribution is -2.32. The third kappa shape index (κ3) is 4.44. The van der Waals surface area contributed by atoms with E-state index in [1.54, 1.807) is 24.5 Å². The summed E-state index contributed by atoms with van der Waals surface area (Å²) in [5.74, 6) is -0.190. The SMILES string of the molecule is CC(CNC(=O)c1cc(S)ccc1Br)S(C)=O. The van der Waals surface area contributed by atoms with Crippen molar-refractivity contribution < 1.29 is 9.00 Å². The number of hydrogen-bond donors (Lipinski definition) is 2. The lowest BCUT2D eigenvalue weighted by Gasteiger charge is -2.11. The molecule has 3 nitrogen and oxygen atoms in total. The topological polar surface area (TPSA) is 46.2 Å². The number of amides is 1. The number of halogens is 1. The van der Waals surface area contributed by atoms with Crippen LogP contribution in [-0.2, 0) is 10.8 Å². The molecule has 0 saturated carbocycles. The van der Waals surface area contributed by atoms with Crippen LogP contribution < -0.4 is 5.32 Å². The molecule has 1 amide bonds. The maximum Gasteiger partial charge on any atom is 0.252 e. The van der Waals surface area contributed by atoms with Crippen LogP contribution in [0.15, 0.2) is 27.6 Å². The first-order valence-electron chi connectivity index (χ1n) is 5.00. The van der Waals surface area contributed by atoms with Gasteiger partial charge in [-0.25, -0.2) is 0 Å². The van der Waals surface area contributed by atoms with Gasteiger partial charge < -0.3 is 5.32 Å². The summed E-state index contributed by atoms with van der Waals surface area (Å²) in [6, 6.07) is 5.27. The summed E-state index contributed by atoms with van der Waals surface area (Å²) in [6.45, 7) is 2.23. The predicted octanol–water partition coefficient (Wildman–Crippen LogP) is 2.23. The first-order valence-corrected chi connectivity index (χ1v) is 7.87. The van der Waals surface area contributed by atoms with E-state index in [0.717, 1.165) is 9.37 Å².